The molecule has 26 heavy (non-hydrogen) atoms. The second-order valence-electron chi connectivity index (χ2n) is 7.27. The summed E-state index contributed by atoms with van der Waals surface area (Å²) in [5.74, 6) is 1.91. The van der Waals surface area contributed by atoms with E-state index in [9.17, 15) is 0 Å². The highest BCUT2D eigenvalue weighted by Crippen LogP contribution is 2.18. The molecule has 1 saturated heterocycles. The third-order valence-electron chi connectivity index (χ3n) is 5.24. The predicted molar refractivity (Wildman–Crippen MR) is 107 cm³/mol. The minimum Gasteiger partial charge on any atom is -0.373 e. The van der Waals surface area contributed by atoms with Crippen LogP contribution in [-0.2, 0) is 19.5 Å². The van der Waals surface area contributed by atoms with Gasteiger partial charge in [0.2, 0.25) is 0 Å². The molecule has 0 aliphatic carbocycles. The monoisotopic (exact) mass is 353 g/mol. The molecule has 0 bridgehead atoms. The highest BCUT2D eigenvalue weighted by Gasteiger charge is 2.15. The summed E-state index contributed by atoms with van der Waals surface area (Å²) in [5, 5.41) is 6.35. The van der Waals surface area contributed by atoms with E-state index in [2.05, 4.69) is 62.8 Å². The van der Waals surface area contributed by atoms with Gasteiger partial charge in [0.05, 0.1) is 5.69 Å². The molecule has 5 nitrogen and oxygen atoms in total. The Bertz CT molecular complexity index is 651. The number of fused-ring (bicyclic) bond motifs is 1. The van der Waals surface area contributed by atoms with E-state index in [0.717, 1.165) is 43.5 Å². The Labute approximate surface area is 157 Å². The van der Waals surface area contributed by atoms with Gasteiger partial charge in [-0.05, 0) is 50.4 Å². The normalized spacial score (nSPS) is 17.8. The van der Waals surface area contributed by atoms with E-state index in [1.165, 1.54) is 37.1 Å². The van der Waals surface area contributed by atoms with Crippen LogP contribution in [0.3, 0.4) is 0 Å². The van der Waals surface area contributed by atoms with Crippen LogP contribution in [0.15, 0.2) is 36.7 Å². The first kappa shape index (κ1) is 18.8. The van der Waals surface area contributed by atoms with Gasteiger partial charge in [0.1, 0.15) is 12.1 Å². The molecule has 4 rings (SSSR count). The van der Waals surface area contributed by atoms with Crippen LogP contribution in [0.4, 0.5) is 5.82 Å². The molecule has 3 heterocycles. The summed E-state index contributed by atoms with van der Waals surface area (Å²) >= 11 is 0. The van der Waals surface area contributed by atoms with Crippen molar-refractivity contribution in [2.45, 2.75) is 39.3 Å². The molecule has 1 aromatic carbocycles. The lowest BCUT2D eigenvalue weighted by Crippen LogP contribution is -2.32. The minimum atomic E-state index is 0.868. The van der Waals surface area contributed by atoms with Gasteiger partial charge in [0, 0.05) is 25.7 Å². The van der Waals surface area contributed by atoms with Crippen molar-refractivity contribution in [1.82, 2.24) is 20.2 Å². The maximum Gasteiger partial charge on any atom is 0.132 e. The molecule has 2 aliphatic rings. The van der Waals surface area contributed by atoms with Crippen LogP contribution in [0, 0.1) is 5.92 Å². The summed E-state index contributed by atoms with van der Waals surface area (Å²) in [6.07, 6.45) is 5.36. The third kappa shape index (κ3) is 5.26. The summed E-state index contributed by atoms with van der Waals surface area (Å²) < 4.78 is 0. The van der Waals surface area contributed by atoms with E-state index in [1.807, 2.05) is 7.05 Å². The van der Waals surface area contributed by atoms with Crippen molar-refractivity contribution in [3.8, 4) is 0 Å². The minimum absolute atomic E-state index is 0.868. The van der Waals surface area contributed by atoms with Gasteiger partial charge >= 0.3 is 0 Å². The Morgan fingerprint density at radius 2 is 1.92 bits per heavy atom. The molecule has 2 aliphatic heterocycles. The lowest BCUT2D eigenvalue weighted by atomic mass is 9.99. The van der Waals surface area contributed by atoms with Crippen molar-refractivity contribution in [2.75, 3.05) is 32.0 Å². The lowest BCUT2D eigenvalue weighted by Gasteiger charge is -2.30. The van der Waals surface area contributed by atoms with Crippen molar-refractivity contribution in [1.29, 1.82) is 0 Å². The van der Waals surface area contributed by atoms with Gasteiger partial charge in [0.15, 0.2) is 0 Å². The van der Waals surface area contributed by atoms with E-state index in [-0.39, 0.29) is 0 Å². The number of aromatic nitrogens is 2. The average molecular weight is 354 g/mol. The summed E-state index contributed by atoms with van der Waals surface area (Å²) in [7, 11) is 1.89. The van der Waals surface area contributed by atoms with Gasteiger partial charge in [-0.1, -0.05) is 37.3 Å². The number of anilines is 1. The van der Waals surface area contributed by atoms with Crippen LogP contribution in [0.25, 0.3) is 0 Å². The molecule has 0 atom stereocenters. The molecule has 0 spiro atoms. The van der Waals surface area contributed by atoms with Gasteiger partial charge < -0.3 is 10.6 Å². The van der Waals surface area contributed by atoms with Gasteiger partial charge in [-0.2, -0.15) is 0 Å². The third-order valence-corrected chi connectivity index (χ3v) is 5.24. The second-order valence-corrected chi connectivity index (χ2v) is 7.27. The Morgan fingerprint density at radius 1 is 1.15 bits per heavy atom. The smallest absolute Gasteiger partial charge is 0.132 e. The maximum absolute atomic E-state index is 4.21. The molecule has 5 heteroatoms. The van der Waals surface area contributed by atoms with Crippen LogP contribution in [0.1, 0.15) is 36.6 Å². The number of rotatable bonds is 3. The standard InChI is InChI=1S/C13H19N.C8H12N4/c1-12-7-9-14(10-8-12)11-13-5-3-2-4-6-13;1-9-8-6-2-3-10-4-7(6)11-5-12-8/h2-6,12H,7-11H2,1H3;5,10H,2-4H2,1H3,(H,9,11,12). The molecular formula is C21H31N5. The van der Waals surface area contributed by atoms with Crippen molar-refractivity contribution in [3.05, 3.63) is 53.5 Å². The van der Waals surface area contributed by atoms with E-state index < -0.39 is 0 Å². The Kier molecular flexibility index (Phi) is 6.97. The highest BCUT2D eigenvalue weighted by atomic mass is 15.1. The van der Waals surface area contributed by atoms with Gasteiger partial charge in [-0.15, -0.1) is 0 Å². The SMILES string of the molecule is CC1CCN(Cc2ccccc2)CC1.CNc1ncnc2c1CCNC2. The number of benzene rings is 1. The number of piperidine rings is 1. The molecule has 140 valence electrons. The number of likely N-dealkylation sites (tertiary alicyclic amines) is 1. The molecule has 1 aromatic heterocycles. The zero-order valence-corrected chi connectivity index (χ0v) is 16.0. The average Bonchev–Trinajstić information content (AvgIpc) is 2.70. The molecule has 1 fully saturated rings. The molecule has 0 saturated carbocycles. The zero-order valence-electron chi connectivity index (χ0n) is 16.0. The van der Waals surface area contributed by atoms with Gasteiger partial charge in [-0.3, -0.25) is 4.90 Å². The van der Waals surface area contributed by atoms with Crippen molar-refractivity contribution < 1.29 is 0 Å². The lowest BCUT2D eigenvalue weighted by molar-refractivity contribution is 0.185. The fourth-order valence-electron chi connectivity index (χ4n) is 3.56. The number of hydrogen-bond acceptors (Lipinski definition) is 5. The highest BCUT2D eigenvalue weighted by molar-refractivity contribution is 5.46. The van der Waals surface area contributed by atoms with Crippen molar-refractivity contribution >= 4 is 5.82 Å². The summed E-state index contributed by atoms with van der Waals surface area (Å²) in [5.41, 5.74) is 3.83. The molecule has 0 amide bonds. The first-order valence-corrected chi connectivity index (χ1v) is 9.73. The van der Waals surface area contributed by atoms with Crippen LogP contribution < -0.4 is 10.6 Å². The number of hydrogen-bond donors (Lipinski definition) is 2. The van der Waals surface area contributed by atoms with Crippen LogP contribution >= 0.6 is 0 Å². The van der Waals surface area contributed by atoms with Crippen LogP contribution in [0.5, 0.6) is 0 Å². The molecule has 0 radical (unpaired) electrons. The molecule has 0 unspecified atom stereocenters. The first-order chi connectivity index (χ1) is 12.8. The van der Waals surface area contributed by atoms with Crippen LogP contribution in [0.2, 0.25) is 0 Å². The maximum atomic E-state index is 4.21. The van der Waals surface area contributed by atoms with E-state index in [4.69, 9.17) is 0 Å². The van der Waals surface area contributed by atoms with Gasteiger partial charge in [0.25, 0.3) is 0 Å². The quantitative estimate of drug-likeness (QED) is 0.888. The predicted octanol–water partition coefficient (Wildman–Crippen LogP) is 3.08. The largest absolute Gasteiger partial charge is 0.373 e. The first-order valence-electron chi connectivity index (χ1n) is 9.73. The Hall–Kier alpha value is -1.98. The van der Waals surface area contributed by atoms with Crippen molar-refractivity contribution in [3.63, 3.8) is 0 Å². The van der Waals surface area contributed by atoms with E-state index in [1.54, 1.807) is 6.33 Å². The summed E-state index contributed by atoms with van der Waals surface area (Å²) in [6, 6.07) is 10.8. The van der Waals surface area contributed by atoms with E-state index in [0.29, 0.717) is 0 Å². The second kappa shape index (κ2) is 9.64. The molecule has 2 aromatic rings. The summed E-state index contributed by atoms with van der Waals surface area (Å²) in [4.78, 5) is 10.9. The molecule has 2 N–H and O–H groups in total. The zero-order chi connectivity index (χ0) is 18.2. The molecular weight excluding hydrogens is 322 g/mol. The number of nitrogens with zero attached hydrogens (tertiary/aromatic N) is 3. The van der Waals surface area contributed by atoms with Crippen molar-refractivity contribution in [2.24, 2.45) is 5.92 Å². The topological polar surface area (TPSA) is 53.1 Å². The Morgan fingerprint density at radius 3 is 2.65 bits per heavy atom. The van der Waals surface area contributed by atoms with E-state index >= 15 is 0 Å². The Balaban J connectivity index is 0.000000152. The van der Waals surface area contributed by atoms with Gasteiger partial charge in [-0.25, -0.2) is 9.97 Å². The summed E-state index contributed by atoms with van der Waals surface area (Å²) in [6.45, 7) is 7.93. The fourth-order valence-corrected chi connectivity index (χ4v) is 3.56. The fraction of sp³-hybridized carbons (Fsp3) is 0.524. The van der Waals surface area contributed by atoms with Crippen LogP contribution in [-0.4, -0.2) is 41.5 Å². The number of nitrogens with one attached hydrogen (secondary N) is 2.